The van der Waals surface area contributed by atoms with Gasteiger partial charge in [-0.15, -0.1) is 0 Å². The third kappa shape index (κ3) is 37.4. The van der Waals surface area contributed by atoms with Gasteiger partial charge in [-0.2, -0.15) is 0 Å². The van der Waals surface area contributed by atoms with Gasteiger partial charge in [0.1, 0.15) is 0 Å². The first-order valence-corrected chi connectivity index (χ1v) is 25.7. The van der Waals surface area contributed by atoms with Crippen molar-refractivity contribution >= 4 is 0 Å². The Balaban J connectivity index is 2.43. The van der Waals surface area contributed by atoms with E-state index in [0.29, 0.717) is 0 Å². The van der Waals surface area contributed by atoms with E-state index in [1.807, 2.05) is 0 Å². The topological polar surface area (TPSA) is 21.8 Å². The summed E-state index contributed by atoms with van der Waals surface area (Å²) in [6.45, 7) is 20.9. The van der Waals surface area contributed by atoms with Crippen LogP contribution < -0.4 is 5.32 Å². The largest absolute Gasteiger partial charge is 0.314 e. The highest BCUT2D eigenvalue weighted by molar-refractivity contribution is 4.71. The molecule has 1 fully saturated rings. The van der Waals surface area contributed by atoms with Crippen LogP contribution in [0.3, 0.4) is 0 Å². The Morgan fingerprint density at radius 2 is 0.537 bits per heavy atom. The molecule has 0 unspecified atom stereocenters. The Labute approximate surface area is 342 Å². The van der Waals surface area contributed by atoms with Crippen LogP contribution in [0, 0.1) is 0 Å². The molecule has 1 aliphatic rings. The Hall–Kier alpha value is -0.160. The lowest BCUT2D eigenvalue weighted by Crippen LogP contribution is -2.47. The quantitative estimate of drug-likeness (QED) is 0.0624. The zero-order chi connectivity index (χ0) is 38.7. The average molecular weight is 761 g/mol. The maximum Gasteiger partial charge on any atom is 0.0110 e. The molecule has 1 saturated heterocycles. The van der Waals surface area contributed by atoms with Gasteiger partial charge in [-0.1, -0.05) is 233 Å². The monoisotopic (exact) mass is 761 g/mol. The van der Waals surface area contributed by atoms with E-state index >= 15 is 0 Å². The Bertz CT molecular complexity index is 652. The molecule has 0 aromatic carbocycles. The lowest BCUT2D eigenvalue weighted by atomic mass is 10.0. The highest BCUT2D eigenvalue weighted by atomic mass is 15.2. The van der Waals surface area contributed by atoms with Gasteiger partial charge in [0.05, 0.1) is 0 Å². The summed E-state index contributed by atoms with van der Waals surface area (Å²) in [6.07, 6.45) is 52.1. The van der Waals surface area contributed by atoms with Gasteiger partial charge in [0.25, 0.3) is 0 Å². The fourth-order valence-corrected chi connectivity index (χ4v) is 8.70. The van der Waals surface area contributed by atoms with Crippen molar-refractivity contribution in [2.45, 2.75) is 252 Å². The Kier molecular flexibility index (Phi) is 42.2. The van der Waals surface area contributed by atoms with Gasteiger partial charge in [0, 0.05) is 52.4 Å². The fraction of sp³-hybridized carbons (Fsp3) is 1.00. The lowest BCUT2D eigenvalue weighted by molar-refractivity contribution is 0.163. The van der Waals surface area contributed by atoms with E-state index in [2.05, 4.69) is 40.8 Å². The second-order valence-electron chi connectivity index (χ2n) is 17.9. The first-order valence-electron chi connectivity index (χ1n) is 25.7. The van der Waals surface area contributed by atoms with Gasteiger partial charge in [-0.05, 0) is 38.9 Å². The molecule has 1 aliphatic heterocycles. The van der Waals surface area contributed by atoms with Gasteiger partial charge in [0.15, 0.2) is 0 Å². The molecule has 1 rings (SSSR count). The van der Waals surface area contributed by atoms with Crippen molar-refractivity contribution in [2.75, 3.05) is 72.0 Å². The number of nitrogens with one attached hydrogen (secondary N) is 1. The van der Waals surface area contributed by atoms with Crippen LogP contribution in [0.1, 0.15) is 252 Å². The van der Waals surface area contributed by atoms with Crippen molar-refractivity contribution in [2.24, 2.45) is 0 Å². The predicted molar refractivity (Wildman–Crippen MR) is 245 cm³/mol. The third-order valence-corrected chi connectivity index (χ3v) is 12.7. The molecule has 4 nitrogen and oxygen atoms in total. The molecule has 0 aromatic heterocycles. The summed E-state index contributed by atoms with van der Waals surface area (Å²) in [4.78, 5) is 8.48. The van der Waals surface area contributed by atoms with Gasteiger partial charge < -0.3 is 15.1 Å². The standard InChI is InChI=1S/C50H104N4/c1-4-7-10-13-16-19-22-25-28-31-34-37-42-52(43-38-35-32-29-26-23-20-17-14-11-8-5-2)47-48-53(49-50-54-45-40-51-41-46-54)44-39-36-33-30-27-24-21-18-15-12-9-6-3/h51H,4-50H2,1-3H3. The maximum absolute atomic E-state index is 3.56. The Morgan fingerprint density at radius 1 is 0.296 bits per heavy atom. The number of rotatable bonds is 45. The summed E-state index contributed by atoms with van der Waals surface area (Å²) >= 11 is 0. The van der Waals surface area contributed by atoms with Gasteiger partial charge >= 0.3 is 0 Å². The minimum Gasteiger partial charge on any atom is -0.314 e. The molecule has 0 radical (unpaired) electrons. The van der Waals surface area contributed by atoms with Crippen molar-refractivity contribution in [3.63, 3.8) is 0 Å². The predicted octanol–water partition coefficient (Wildman–Crippen LogP) is 14.6. The van der Waals surface area contributed by atoms with Crippen LogP contribution >= 0.6 is 0 Å². The number of hydrogen-bond acceptors (Lipinski definition) is 4. The van der Waals surface area contributed by atoms with Crippen LogP contribution in [0.4, 0.5) is 0 Å². The molecule has 4 heteroatoms. The molecule has 0 atom stereocenters. The van der Waals surface area contributed by atoms with Crippen molar-refractivity contribution < 1.29 is 0 Å². The highest BCUT2D eigenvalue weighted by Gasteiger charge is 2.14. The molecule has 0 saturated carbocycles. The summed E-state index contributed by atoms with van der Waals surface area (Å²) in [5.41, 5.74) is 0. The molecule has 0 bridgehead atoms. The zero-order valence-electron chi connectivity index (χ0n) is 38.1. The summed E-state index contributed by atoms with van der Waals surface area (Å²) in [7, 11) is 0. The minimum absolute atomic E-state index is 1.17. The summed E-state index contributed by atoms with van der Waals surface area (Å²) in [6, 6.07) is 0. The van der Waals surface area contributed by atoms with Crippen molar-refractivity contribution in [1.29, 1.82) is 0 Å². The van der Waals surface area contributed by atoms with Gasteiger partial charge in [-0.3, -0.25) is 4.90 Å². The molecule has 0 spiro atoms. The third-order valence-electron chi connectivity index (χ3n) is 12.7. The van der Waals surface area contributed by atoms with Crippen molar-refractivity contribution in [1.82, 2.24) is 20.0 Å². The van der Waals surface area contributed by atoms with E-state index in [0.717, 1.165) is 0 Å². The smallest absolute Gasteiger partial charge is 0.0110 e. The van der Waals surface area contributed by atoms with Gasteiger partial charge in [-0.25, -0.2) is 0 Å². The van der Waals surface area contributed by atoms with Crippen LogP contribution in [0.25, 0.3) is 0 Å². The number of nitrogens with zero attached hydrogens (tertiary/aromatic N) is 3. The lowest BCUT2D eigenvalue weighted by Gasteiger charge is -2.32. The van der Waals surface area contributed by atoms with Crippen LogP contribution in [-0.2, 0) is 0 Å². The highest BCUT2D eigenvalue weighted by Crippen LogP contribution is 2.16. The minimum atomic E-state index is 1.17. The number of piperazine rings is 1. The summed E-state index contributed by atoms with van der Waals surface area (Å²) in [5.74, 6) is 0. The summed E-state index contributed by atoms with van der Waals surface area (Å²) < 4.78 is 0. The maximum atomic E-state index is 3.56. The van der Waals surface area contributed by atoms with Crippen LogP contribution in [-0.4, -0.2) is 86.7 Å². The first kappa shape index (κ1) is 51.9. The van der Waals surface area contributed by atoms with Crippen LogP contribution in [0.15, 0.2) is 0 Å². The number of hydrogen-bond donors (Lipinski definition) is 1. The molecule has 0 aliphatic carbocycles. The molecule has 0 aromatic rings. The fourth-order valence-electron chi connectivity index (χ4n) is 8.70. The normalized spacial score (nSPS) is 13.9. The number of unbranched alkanes of at least 4 members (excludes halogenated alkanes) is 33. The van der Waals surface area contributed by atoms with Crippen molar-refractivity contribution in [3.05, 3.63) is 0 Å². The Morgan fingerprint density at radius 3 is 0.815 bits per heavy atom. The van der Waals surface area contributed by atoms with Gasteiger partial charge in [0.2, 0.25) is 0 Å². The molecule has 324 valence electrons. The van der Waals surface area contributed by atoms with Crippen LogP contribution in [0.2, 0.25) is 0 Å². The first-order chi connectivity index (χ1) is 26.8. The second kappa shape index (κ2) is 44.0. The molecule has 54 heavy (non-hydrogen) atoms. The molecule has 0 amide bonds. The summed E-state index contributed by atoms with van der Waals surface area (Å²) in [5, 5.41) is 3.56. The second-order valence-corrected chi connectivity index (χ2v) is 17.9. The SMILES string of the molecule is CCCCCCCCCCCCCCN(CCCCCCCCCCCCCC)CCN(CCCCCCCCCCCCCC)CCN1CCNCC1. The van der Waals surface area contributed by atoms with Crippen molar-refractivity contribution in [3.8, 4) is 0 Å². The van der Waals surface area contributed by atoms with E-state index in [1.165, 1.54) is 303 Å². The van der Waals surface area contributed by atoms with E-state index in [9.17, 15) is 0 Å². The van der Waals surface area contributed by atoms with E-state index < -0.39 is 0 Å². The molecular weight excluding hydrogens is 657 g/mol. The van der Waals surface area contributed by atoms with Crippen LogP contribution in [0.5, 0.6) is 0 Å². The van der Waals surface area contributed by atoms with E-state index in [1.54, 1.807) is 0 Å². The van der Waals surface area contributed by atoms with E-state index in [-0.39, 0.29) is 0 Å². The average Bonchev–Trinajstić information content (AvgIpc) is 3.19. The molecule has 1 heterocycles. The molecular formula is C50H104N4. The van der Waals surface area contributed by atoms with E-state index in [4.69, 9.17) is 0 Å². The zero-order valence-corrected chi connectivity index (χ0v) is 38.1. The molecule has 1 N–H and O–H groups in total.